The van der Waals surface area contributed by atoms with E-state index in [9.17, 15) is 0 Å². The molecule has 124 valence electrons. The summed E-state index contributed by atoms with van der Waals surface area (Å²) in [7, 11) is 0. The second-order valence-electron chi connectivity index (χ2n) is 7.01. The van der Waals surface area contributed by atoms with Crippen LogP contribution in [0.3, 0.4) is 0 Å². The van der Waals surface area contributed by atoms with Crippen LogP contribution < -0.4 is 4.90 Å². The molecule has 0 fully saturated rings. The maximum Gasteiger partial charge on any atom is 0.0493 e. The van der Waals surface area contributed by atoms with Crippen molar-refractivity contribution in [2.45, 2.75) is 25.7 Å². The third-order valence-corrected chi connectivity index (χ3v) is 5.42. The number of aromatic amines is 1. The predicted octanol–water partition coefficient (Wildman–Crippen LogP) is 6.29. The summed E-state index contributed by atoms with van der Waals surface area (Å²) in [4.78, 5) is 5.75. The van der Waals surface area contributed by atoms with Gasteiger partial charge in [0.2, 0.25) is 0 Å². The zero-order valence-corrected chi connectivity index (χ0v) is 14.3. The van der Waals surface area contributed by atoms with Crippen molar-refractivity contribution in [3.8, 4) is 0 Å². The average Bonchev–Trinajstić information content (AvgIpc) is 3.15. The average molecular weight is 326 g/mol. The van der Waals surface area contributed by atoms with E-state index in [0.29, 0.717) is 0 Å². The van der Waals surface area contributed by atoms with Crippen LogP contribution in [-0.2, 0) is 0 Å². The number of rotatable bonds is 2. The molecule has 0 unspecified atom stereocenters. The molecule has 1 aliphatic carbocycles. The number of nitrogens with one attached hydrogen (secondary N) is 1. The molecule has 0 radical (unpaired) electrons. The van der Waals surface area contributed by atoms with E-state index in [1.54, 1.807) is 0 Å². The molecule has 25 heavy (non-hydrogen) atoms. The van der Waals surface area contributed by atoms with Gasteiger partial charge < -0.3 is 9.88 Å². The van der Waals surface area contributed by atoms with Gasteiger partial charge in [0.05, 0.1) is 0 Å². The second-order valence-corrected chi connectivity index (χ2v) is 7.01. The van der Waals surface area contributed by atoms with Crippen LogP contribution in [0.2, 0.25) is 0 Å². The van der Waals surface area contributed by atoms with Crippen molar-refractivity contribution in [2.75, 3.05) is 11.4 Å². The number of fused-ring (bicyclic) bond motifs is 2. The highest BCUT2D eigenvalue weighted by Gasteiger charge is 2.17. The van der Waals surface area contributed by atoms with E-state index in [1.807, 2.05) is 6.20 Å². The molecule has 0 spiro atoms. The van der Waals surface area contributed by atoms with E-state index in [-0.39, 0.29) is 0 Å². The monoisotopic (exact) mass is 326 g/mol. The Hall–Kier alpha value is -2.74. The fraction of sp³-hybridized carbons (Fsp3) is 0.217. The van der Waals surface area contributed by atoms with Crippen molar-refractivity contribution in [3.05, 3.63) is 71.9 Å². The molecule has 1 aliphatic heterocycles. The van der Waals surface area contributed by atoms with Gasteiger partial charge in [-0.1, -0.05) is 36.4 Å². The minimum absolute atomic E-state index is 0.918. The predicted molar refractivity (Wildman–Crippen MR) is 107 cm³/mol. The normalized spacial score (nSPS) is 16.8. The minimum atomic E-state index is 0.918. The van der Waals surface area contributed by atoms with Crippen LogP contribution in [0.4, 0.5) is 11.4 Å². The number of hydrogen-bond donors (Lipinski definition) is 1. The van der Waals surface area contributed by atoms with E-state index in [0.717, 1.165) is 6.54 Å². The van der Waals surface area contributed by atoms with Gasteiger partial charge in [-0.3, -0.25) is 0 Å². The van der Waals surface area contributed by atoms with Crippen LogP contribution in [0.25, 0.3) is 22.6 Å². The smallest absolute Gasteiger partial charge is 0.0493 e. The summed E-state index contributed by atoms with van der Waals surface area (Å²) in [6.07, 6.45) is 14.0. The van der Waals surface area contributed by atoms with Crippen LogP contribution in [0, 0.1) is 0 Å². The second kappa shape index (κ2) is 5.96. The Bertz CT molecular complexity index is 990. The molecule has 2 heteroatoms. The Labute approximate surface area is 148 Å². The SMILES string of the molecule is C1=Cc2ccc(C3=CCCCC3)cc2N(c2ccc3cc[nH]c3c2)C1. The lowest BCUT2D eigenvalue weighted by Gasteiger charge is -2.29. The Balaban J connectivity index is 1.59. The number of allylic oxidation sites excluding steroid dienone is 2. The molecular weight excluding hydrogens is 304 g/mol. The lowest BCUT2D eigenvalue weighted by atomic mass is 9.92. The quantitative estimate of drug-likeness (QED) is 0.586. The summed E-state index contributed by atoms with van der Waals surface area (Å²) < 4.78 is 0. The van der Waals surface area contributed by atoms with Gasteiger partial charge in [-0.15, -0.1) is 0 Å². The van der Waals surface area contributed by atoms with Gasteiger partial charge in [-0.05, 0) is 72.0 Å². The summed E-state index contributed by atoms with van der Waals surface area (Å²) in [5.74, 6) is 0. The maximum absolute atomic E-state index is 3.33. The third kappa shape index (κ3) is 2.58. The summed E-state index contributed by atoms with van der Waals surface area (Å²) >= 11 is 0. The third-order valence-electron chi connectivity index (χ3n) is 5.42. The number of H-pyrrole nitrogens is 1. The molecule has 0 saturated carbocycles. The van der Waals surface area contributed by atoms with Gasteiger partial charge in [0.25, 0.3) is 0 Å². The number of nitrogens with zero attached hydrogens (tertiary/aromatic N) is 1. The topological polar surface area (TPSA) is 19.0 Å². The van der Waals surface area contributed by atoms with Crippen molar-refractivity contribution in [1.29, 1.82) is 0 Å². The van der Waals surface area contributed by atoms with Gasteiger partial charge in [-0.2, -0.15) is 0 Å². The van der Waals surface area contributed by atoms with Crippen LogP contribution in [0.15, 0.2) is 60.8 Å². The molecule has 0 amide bonds. The zero-order chi connectivity index (χ0) is 16.6. The van der Waals surface area contributed by atoms with E-state index in [1.165, 1.54) is 64.7 Å². The first-order valence-electron chi connectivity index (χ1n) is 9.23. The molecule has 0 saturated heterocycles. The van der Waals surface area contributed by atoms with E-state index in [4.69, 9.17) is 0 Å². The van der Waals surface area contributed by atoms with Gasteiger partial charge in [0.1, 0.15) is 0 Å². The molecular formula is C23H22N2. The molecule has 2 nitrogen and oxygen atoms in total. The lowest BCUT2D eigenvalue weighted by Crippen LogP contribution is -2.20. The molecule has 2 aromatic carbocycles. The standard InChI is InChI=1S/C23H22N2/c1-2-5-17(6-3-1)20-9-8-19-7-4-14-25(23(19)15-20)21-11-10-18-12-13-24-22(18)16-21/h4-5,7-13,15-16,24H,1-3,6,14H2. The van der Waals surface area contributed by atoms with Crippen molar-refractivity contribution < 1.29 is 0 Å². The fourth-order valence-electron chi connectivity index (χ4n) is 4.05. The summed E-state index contributed by atoms with van der Waals surface area (Å²) in [6, 6.07) is 15.8. The molecule has 2 aliphatic rings. The van der Waals surface area contributed by atoms with Crippen LogP contribution >= 0.6 is 0 Å². The lowest BCUT2D eigenvalue weighted by molar-refractivity contribution is 0.742. The first-order chi connectivity index (χ1) is 12.4. The van der Waals surface area contributed by atoms with Gasteiger partial charge in [0, 0.05) is 29.6 Å². The van der Waals surface area contributed by atoms with E-state index >= 15 is 0 Å². The number of benzene rings is 2. The minimum Gasteiger partial charge on any atom is -0.361 e. The Morgan fingerprint density at radius 1 is 0.960 bits per heavy atom. The zero-order valence-electron chi connectivity index (χ0n) is 14.3. The fourth-order valence-corrected chi connectivity index (χ4v) is 4.05. The Kier molecular flexibility index (Phi) is 3.48. The molecule has 1 aromatic heterocycles. The largest absolute Gasteiger partial charge is 0.361 e. The summed E-state index contributed by atoms with van der Waals surface area (Å²) in [6.45, 7) is 0.918. The van der Waals surface area contributed by atoms with Gasteiger partial charge >= 0.3 is 0 Å². The number of anilines is 2. The van der Waals surface area contributed by atoms with E-state index < -0.39 is 0 Å². The van der Waals surface area contributed by atoms with Crippen molar-refractivity contribution >= 4 is 33.9 Å². The number of aromatic nitrogens is 1. The van der Waals surface area contributed by atoms with Crippen LogP contribution in [0.1, 0.15) is 36.8 Å². The molecule has 3 aromatic rings. The highest BCUT2D eigenvalue weighted by atomic mass is 15.1. The van der Waals surface area contributed by atoms with Crippen LogP contribution in [0.5, 0.6) is 0 Å². The maximum atomic E-state index is 3.33. The van der Waals surface area contributed by atoms with Crippen molar-refractivity contribution in [2.24, 2.45) is 0 Å². The Morgan fingerprint density at radius 2 is 1.96 bits per heavy atom. The number of hydrogen-bond acceptors (Lipinski definition) is 1. The van der Waals surface area contributed by atoms with Crippen molar-refractivity contribution in [1.82, 2.24) is 4.98 Å². The molecule has 0 bridgehead atoms. The van der Waals surface area contributed by atoms with E-state index in [2.05, 4.69) is 70.6 Å². The van der Waals surface area contributed by atoms with Crippen LogP contribution in [-0.4, -0.2) is 11.5 Å². The van der Waals surface area contributed by atoms with Gasteiger partial charge in [-0.25, -0.2) is 0 Å². The molecule has 1 N–H and O–H groups in total. The first kappa shape index (κ1) is 14.6. The Morgan fingerprint density at radius 3 is 2.88 bits per heavy atom. The molecule has 0 atom stereocenters. The van der Waals surface area contributed by atoms with Gasteiger partial charge in [0.15, 0.2) is 0 Å². The first-order valence-corrected chi connectivity index (χ1v) is 9.23. The highest BCUT2D eigenvalue weighted by molar-refractivity contribution is 5.87. The summed E-state index contributed by atoms with van der Waals surface area (Å²) in [5.41, 5.74) is 7.97. The van der Waals surface area contributed by atoms with Crippen molar-refractivity contribution in [3.63, 3.8) is 0 Å². The molecule has 5 rings (SSSR count). The highest BCUT2D eigenvalue weighted by Crippen LogP contribution is 2.37. The summed E-state index contributed by atoms with van der Waals surface area (Å²) in [5, 5.41) is 1.26. The molecule has 2 heterocycles.